The minimum atomic E-state index is 0.465. The number of nitrogens with one attached hydrogen (secondary N) is 1. The topological polar surface area (TPSA) is 43.4 Å². The van der Waals surface area contributed by atoms with Crippen molar-refractivity contribution in [2.75, 3.05) is 31.7 Å². The van der Waals surface area contributed by atoms with Gasteiger partial charge in [-0.05, 0) is 47.7 Å². The predicted molar refractivity (Wildman–Crippen MR) is 95.4 cm³/mol. The first kappa shape index (κ1) is 15.2. The molecule has 3 heterocycles. The van der Waals surface area contributed by atoms with Crippen molar-refractivity contribution < 1.29 is 9.47 Å². The first-order chi connectivity index (χ1) is 11.9. The van der Waals surface area contributed by atoms with Crippen molar-refractivity contribution in [3.05, 3.63) is 59.9 Å². The van der Waals surface area contributed by atoms with Gasteiger partial charge in [0.1, 0.15) is 5.75 Å². The highest BCUT2D eigenvalue weighted by Gasteiger charge is 2.22. The molecule has 4 rings (SSSR count). The molecular weight excluding hydrogens is 300 g/mol. The van der Waals surface area contributed by atoms with Gasteiger partial charge >= 0.3 is 0 Å². The molecule has 124 valence electrons. The maximum Gasteiger partial charge on any atom is 0.123 e. The van der Waals surface area contributed by atoms with Crippen LogP contribution in [0.4, 0.5) is 5.69 Å². The molecule has 1 aromatic carbocycles. The Labute approximate surface area is 142 Å². The molecule has 24 heavy (non-hydrogen) atoms. The van der Waals surface area contributed by atoms with E-state index in [1.807, 2.05) is 18.3 Å². The fourth-order valence-electron chi connectivity index (χ4n) is 3.37. The molecule has 0 radical (unpaired) electrons. The fraction of sp³-hybridized carbons (Fsp3) is 0.350. The molecule has 1 aromatic heterocycles. The van der Waals surface area contributed by atoms with Crippen LogP contribution < -0.4 is 10.1 Å². The highest BCUT2D eigenvalue weighted by molar-refractivity contribution is 5.68. The third-order valence-electron chi connectivity index (χ3n) is 4.73. The maximum atomic E-state index is 5.94. The third kappa shape index (κ3) is 3.29. The second kappa shape index (κ2) is 7.05. The molecule has 0 bridgehead atoms. The minimum absolute atomic E-state index is 0.465. The van der Waals surface area contributed by atoms with E-state index in [0.29, 0.717) is 12.5 Å². The van der Waals surface area contributed by atoms with Crippen molar-refractivity contribution in [1.29, 1.82) is 0 Å². The summed E-state index contributed by atoms with van der Waals surface area (Å²) in [4.78, 5) is 4.15. The van der Waals surface area contributed by atoms with Gasteiger partial charge in [0.15, 0.2) is 0 Å². The van der Waals surface area contributed by atoms with E-state index in [4.69, 9.17) is 9.47 Å². The molecular formula is C20H22N2O2. The number of rotatable bonds is 4. The number of ether oxygens (including phenoxy) is 2. The van der Waals surface area contributed by atoms with Crippen LogP contribution in [0.25, 0.3) is 5.57 Å². The van der Waals surface area contributed by atoms with Gasteiger partial charge in [0, 0.05) is 24.9 Å². The maximum absolute atomic E-state index is 5.94. The Bertz CT molecular complexity index is 728. The summed E-state index contributed by atoms with van der Waals surface area (Å²) < 4.78 is 11.3. The molecule has 0 fully saturated rings. The Morgan fingerprint density at radius 3 is 3.04 bits per heavy atom. The molecule has 0 unspecified atom stereocenters. The van der Waals surface area contributed by atoms with Crippen LogP contribution in [0.1, 0.15) is 29.9 Å². The van der Waals surface area contributed by atoms with Crippen LogP contribution in [0, 0.1) is 0 Å². The summed E-state index contributed by atoms with van der Waals surface area (Å²) >= 11 is 0. The Morgan fingerprint density at radius 2 is 2.21 bits per heavy atom. The van der Waals surface area contributed by atoms with E-state index in [0.717, 1.165) is 44.0 Å². The summed E-state index contributed by atoms with van der Waals surface area (Å²) in [6.07, 6.45) is 7.85. The Kier molecular flexibility index (Phi) is 4.47. The lowest BCUT2D eigenvalue weighted by Gasteiger charge is -2.27. The first-order valence-electron chi connectivity index (χ1n) is 8.58. The van der Waals surface area contributed by atoms with Crippen molar-refractivity contribution in [3.8, 4) is 5.75 Å². The zero-order valence-corrected chi connectivity index (χ0v) is 13.7. The van der Waals surface area contributed by atoms with Gasteiger partial charge in [0.05, 0.1) is 25.5 Å². The minimum Gasteiger partial charge on any atom is -0.493 e. The van der Waals surface area contributed by atoms with Crippen molar-refractivity contribution in [2.24, 2.45) is 0 Å². The van der Waals surface area contributed by atoms with E-state index in [9.17, 15) is 0 Å². The van der Waals surface area contributed by atoms with E-state index in [2.05, 4.69) is 34.6 Å². The van der Waals surface area contributed by atoms with Gasteiger partial charge in [-0.15, -0.1) is 0 Å². The van der Waals surface area contributed by atoms with Gasteiger partial charge in [0.25, 0.3) is 0 Å². The monoisotopic (exact) mass is 322 g/mol. The van der Waals surface area contributed by atoms with Gasteiger partial charge < -0.3 is 14.8 Å². The largest absolute Gasteiger partial charge is 0.493 e. The molecule has 2 aliphatic rings. The van der Waals surface area contributed by atoms with Crippen LogP contribution in [0.5, 0.6) is 5.75 Å². The first-order valence-corrected chi connectivity index (χ1v) is 8.58. The van der Waals surface area contributed by atoms with Crippen LogP contribution in [0.15, 0.2) is 48.8 Å². The third-order valence-corrected chi connectivity index (χ3v) is 4.73. The van der Waals surface area contributed by atoms with Crippen LogP contribution in [-0.2, 0) is 4.74 Å². The molecule has 2 aromatic rings. The number of anilines is 1. The highest BCUT2D eigenvalue weighted by Crippen LogP contribution is 2.36. The quantitative estimate of drug-likeness (QED) is 0.928. The molecule has 0 aliphatic carbocycles. The Morgan fingerprint density at radius 1 is 1.21 bits per heavy atom. The predicted octanol–water partition coefficient (Wildman–Crippen LogP) is 3.86. The summed E-state index contributed by atoms with van der Waals surface area (Å²) in [5, 5.41) is 3.49. The molecule has 1 atom stereocenters. The van der Waals surface area contributed by atoms with Gasteiger partial charge in [0.2, 0.25) is 0 Å². The fourth-order valence-corrected chi connectivity index (χ4v) is 3.37. The molecule has 4 heteroatoms. The van der Waals surface area contributed by atoms with Crippen molar-refractivity contribution >= 4 is 11.3 Å². The van der Waals surface area contributed by atoms with Gasteiger partial charge in [-0.3, -0.25) is 4.98 Å². The van der Waals surface area contributed by atoms with Gasteiger partial charge in [-0.2, -0.15) is 0 Å². The normalized spacial score (nSPS) is 19.8. The second-order valence-corrected chi connectivity index (χ2v) is 6.26. The standard InChI is InChI=1S/C20H22N2O2/c1-2-18(14-21-8-1)22-13-17-7-11-24-20-12-16(3-4-19(17)20)15-5-9-23-10-6-15/h1-5,8,12,14,17,22H,6-7,9-11,13H2/t17-/m1/s1. The lowest BCUT2D eigenvalue weighted by Crippen LogP contribution is -2.21. The molecule has 0 saturated carbocycles. The zero-order chi connectivity index (χ0) is 16.2. The van der Waals surface area contributed by atoms with Crippen molar-refractivity contribution in [3.63, 3.8) is 0 Å². The Hall–Kier alpha value is -2.33. The average molecular weight is 322 g/mol. The molecule has 4 nitrogen and oxygen atoms in total. The molecule has 0 saturated heterocycles. The average Bonchev–Trinajstić information content (AvgIpc) is 2.67. The molecule has 0 amide bonds. The number of benzene rings is 1. The summed E-state index contributed by atoms with van der Waals surface area (Å²) in [5.74, 6) is 1.50. The van der Waals surface area contributed by atoms with E-state index in [-0.39, 0.29) is 0 Å². The lowest BCUT2D eigenvalue weighted by atomic mass is 9.90. The smallest absolute Gasteiger partial charge is 0.123 e. The van der Waals surface area contributed by atoms with Crippen LogP contribution in [-0.4, -0.2) is 31.3 Å². The summed E-state index contributed by atoms with van der Waals surface area (Å²) in [6.45, 7) is 3.20. The van der Waals surface area contributed by atoms with E-state index < -0.39 is 0 Å². The molecule has 1 N–H and O–H groups in total. The SMILES string of the molecule is C1=C(c2ccc3c(c2)OCC[C@@H]3CNc2cccnc2)CCOC1. The van der Waals surface area contributed by atoms with E-state index >= 15 is 0 Å². The number of aromatic nitrogens is 1. The second-order valence-electron chi connectivity index (χ2n) is 6.26. The highest BCUT2D eigenvalue weighted by atomic mass is 16.5. The van der Waals surface area contributed by atoms with Gasteiger partial charge in [-0.1, -0.05) is 18.2 Å². The summed E-state index contributed by atoms with van der Waals surface area (Å²) in [7, 11) is 0. The Balaban J connectivity index is 1.51. The van der Waals surface area contributed by atoms with Crippen molar-refractivity contribution in [2.45, 2.75) is 18.8 Å². The van der Waals surface area contributed by atoms with E-state index in [1.165, 1.54) is 16.7 Å². The van der Waals surface area contributed by atoms with Crippen LogP contribution in [0.2, 0.25) is 0 Å². The lowest BCUT2D eigenvalue weighted by molar-refractivity contribution is 0.161. The number of fused-ring (bicyclic) bond motifs is 1. The van der Waals surface area contributed by atoms with E-state index in [1.54, 1.807) is 6.20 Å². The summed E-state index contributed by atoms with van der Waals surface area (Å²) in [6, 6.07) is 10.7. The summed E-state index contributed by atoms with van der Waals surface area (Å²) in [5.41, 5.74) is 4.99. The molecule has 0 spiro atoms. The van der Waals surface area contributed by atoms with Crippen LogP contribution >= 0.6 is 0 Å². The number of hydrogen-bond donors (Lipinski definition) is 1. The molecule has 2 aliphatic heterocycles. The number of hydrogen-bond acceptors (Lipinski definition) is 4. The van der Waals surface area contributed by atoms with Crippen molar-refractivity contribution in [1.82, 2.24) is 4.98 Å². The van der Waals surface area contributed by atoms with Gasteiger partial charge in [-0.25, -0.2) is 0 Å². The van der Waals surface area contributed by atoms with Crippen LogP contribution in [0.3, 0.4) is 0 Å². The number of pyridine rings is 1. The number of nitrogens with zero attached hydrogens (tertiary/aromatic N) is 1. The zero-order valence-electron chi connectivity index (χ0n) is 13.7.